The molecule has 3 unspecified atom stereocenters. The summed E-state index contributed by atoms with van der Waals surface area (Å²) in [5.41, 5.74) is -2.09. The van der Waals surface area contributed by atoms with Gasteiger partial charge in [-0.2, -0.15) is 5.09 Å². The summed E-state index contributed by atoms with van der Waals surface area (Å²) in [5.74, 6) is -4.15. The fourth-order valence-corrected chi connectivity index (χ4v) is 4.60. The first-order valence-electron chi connectivity index (χ1n) is 11.7. The predicted molar refractivity (Wildman–Crippen MR) is 137 cm³/mol. The van der Waals surface area contributed by atoms with Gasteiger partial charge in [-0.05, 0) is 45.4 Å². The second-order valence-corrected chi connectivity index (χ2v) is 10.5. The quantitative estimate of drug-likeness (QED) is 0.164. The van der Waals surface area contributed by atoms with Gasteiger partial charge >= 0.3 is 19.4 Å². The Morgan fingerprint density at radius 3 is 2.41 bits per heavy atom. The highest BCUT2D eigenvalue weighted by Crippen LogP contribution is 2.46. The topological polar surface area (TPSA) is 158 Å². The van der Waals surface area contributed by atoms with E-state index >= 15 is 4.39 Å². The number of hydrogen-bond acceptors (Lipinski definition) is 9. The van der Waals surface area contributed by atoms with E-state index in [4.69, 9.17) is 18.5 Å². The summed E-state index contributed by atoms with van der Waals surface area (Å²) in [4.78, 5) is 37.7. The van der Waals surface area contributed by atoms with Gasteiger partial charge in [0.2, 0.25) is 0 Å². The van der Waals surface area contributed by atoms with E-state index in [-0.39, 0.29) is 11.3 Å². The molecule has 0 saturated heterocycles. The van der Waals surface area contributed by atoms with Crippen molar-refractivity contribution in [2.75, 3.05) is 13.3 Å². The summed E-state index contributed by atoms with van der Waals surface area (Å²) in [6, 6.07) is 7.20. The average molecular weight is 576 g/mol. The van der Waals surface area contributed by atoms with E-state index in [0.29, 0.717) is 4.57 Å². The first-order chi connectivity index (χ1) is 18.2. The molecule has 12 nitrogen and oxygen atoms in total. The van der Waals surface area contributed by atoms with Crippen molar-refractivity contribution in [3.8, 4) is 5.75 Å². The molecular weight excluding hydrogens is 543 g/mol. The van der Waals surface area contributed by atoms with E-state index in [9.17, 15) is 28.4 Å². The van der Waals surface area contributed by atoms with Crippen LogP contribution < -0.4 is 20.9 Å². The molecule has 0 spiro atoms. The number of para-hydroxylation sites is 1. The van der Waals surface area contributed by atoms with Crippen LogP contribution in [0.4, 0.5) is 8.78 Å². The summed E-state index contributed by atoms with van der Waals surface area (Å²) in [6.45, 7) is 6.37. The van der Waals surface area contributed by atoms with Gasteiger partial charge < -0.3 is 19.1 Å². The second-order valence-electron chi connectivity index (χ2n) is 8.79. The second kappa shape index (κ2) is 13.8. The maximum Gasteiger partial charge on any atom is 0.459 e. The third-order valence-corrected chi connectivity index (χ3v) is 6.58. The van der Waals surface area contributed by atoms with Crippen LogP contribution in [0.5, 0.6) is 5.75 Å². The first-order valence-corrected chi connectivity index (χ1v) is 13.3. The van der Waals surface area contributed by atoms with Crippen molar-refractivity contribution >= 4 is 13.7 Å². The molecule has 0 fully saturated rings. The maximum absolute atomic E-state index is 16.2. The summed E-state index contributed by atoms with van der Waals surface area (Å²) in [7, 11) is -4.62. The molecule has 216 valence electrons. The lowest BCUT2D eigenvalue weighted by molar-refractivity contribution is -0.256. The van der Waals surface area contributed by atoms with E-state index in [2.05, 4.69) is 11.7 Å². The van der Waals surface area contributed by atoms with Crippen molar-refractivity contribution < 1.29 is 41.8 Å². The van der Waals surface area contributed by atoms with Gasteiger partial charge in [0.1, 0.15) is 31.2 Å². The van der Waals surface area contributed by atoms with Gasteiger partial charge in [-0.1, -0.05) is 24.8 Å². The number of aliphatic hydroxyl groups excluding tert-OH is 1. The highest BCUT2D eigenvalue weighted by atomic mass is 31.2. The zero-order chi connectivity index (χ0) is 29.4. The minimum Gasteiger partial charge on any atom is -0.462 e. The van der Waals surface area contributed by atoms with Crippen LogP contribution in [-0.2, 0) is 23.4 Å². The molecule has 2 aromatic rings. The molecule has 3 N–H and O–H groups in total. The summed E-state index contributed by atoms with van der Waals surface area (Å²) < 4.78 is 65.3. The van der Waals surface area contributed by atoms with Gasteiger partial charge in [0.05, 0.1) is 6.10 Å². The number of carbonyl (C=O) groups excluding carboxylic acids is 1. The van der Waals surface area contributed by atoms with Crippen LogP contribution in [0.2, 0.25) is 0 Å². The van der Waals surface area contributed by atoms with E-state index in [1.807, 2.05) is 4.98 Å². The third kappa shape index (κ3) is 9.22. The standard InChI is InChI=1S/C24H32F2N3O9P/c1-15(2)21(31)24(26,37-20(13-25)29-12-11-19(30)27-23(29)33)14-35-39(34,38-18-9-7-6-8-10-18)28-17(5)22(32)36-16(3)4/h6-12,16-17,20-21,31H,1,13-14H2,2-5H3,(H,28,34)(H,27,30,33)/t17?,20-,21?,24-,39?/m1/s1. The van der Waals surface area contributed by atoms with Gasteiger partial charge in [-0.25, -0.2) is 18.1 Å². The van der Waals surface area contributed by atoms with E-state index in [1.165, 1.54) is 26.0 Å². The lowest BCUT2D eigenvalue weighted by Gasteiger charge is -2.34. The fraction of sp³-hybridized carbons (Fsp3) is 0.458. The maximum atomic E-state index is 16.2. The SMILES string of the molecule is C=C(C)C(O)[C@@](F)(COP(=O)(NC(C)C(=O)OC(C)C)Oc1ccccc1)O[C@H](CF)n1ccc(=O)[nH]c1=O. The number of nitrogens with zero attached hydrogens (tertiary/aromatic N) is 1. The Morgan fingerprint density at radius 2 is 1.87 bits per heavy atom. The number of H-pyrrole nitrogens is 1. The Kier molecular flexibility index (Phi) is 11.3. The number of aliphatic hydroxyl groups is 1. The number of carbonyl (C=O) groups is 1. The molecule has 15 heteroatoms. The Bertz CT molecular complexity index is 1290. The van der Waals surface area contributed by atoms with Crippen LogP contribution in [0.15, 0.2) is 64.3 Å². The van der Waals surface area contributed by atoms with E-state index in [1.54, 1.807) is 32.0 Å². The smallest absolute Gasteiger partial charge is 0.459 e. The van der Waals surface area contributed by atoms with E-state index in [0.717, 1.165) is 12.3 Å². The monoisotopic (exact) mass is 575 g/mol. The number of alkyl halides is 2. The Balaban J connectivity index is 2.40. The molecule has 5 atom stereocenters. The Hall–Kier alpha value is -3.16. The summed E-state index contributed by atoms with van der Waals surface area (Å²) >= 11 is 0. The molecule has 1 aromatic carbocycles. The van der Waals surface area contributed by atoms with E-state index < -0.39 is 68.6 Å². The van der Waals surface area contributed by atoms with Crippen molar-refractivity contribution in [1.82, 2.24) is 14.6 Å². The molecular formula is C24H32F2N3O9P. The molecule has 0 bridgehead atoms. The van der Waals surface area contributed by atoms with Crippen LogP contribution in [0.25, 0.3) is 0 Å². The van der Waals surface area contributed by atoms with Crippen molar-refractivity contribution in [3.05, 3.63) is 75.6 Å². The predicted octanol–water partition coefficient (Wildman–Crippen LogP) is 2.76. The lowest BCUT2D eigenvalue weighted by atomic mass is 10.1. The number of aromatic amines is 1. The van der Waals surface area contributed by atoms with Gasteiger partial charge in [0.25, 0.3) is 11.4 Å². The normalized spacial score (nSPS) is 16.9. The average Bonchev–Trinajstić information content (AvgIpc) is 2.86. The van der Waals surface area contributed by atoms with Crippen LogP contribution >= 0.6 is 7.75 Å². The largest absolute Gasteiger partial charge is 0.462 e. The van der Waals surface area contributed by atoms with Crippen molar-refractivity contribution in [1.29, 1.82) is 0 Å². The van der Waals surface area contributed by atoms with Crippen molar-refractivity contribution in [2.24, 2.45) is 0 Å². The number of benzene rings is 1. The summed E-state index contributed by atoms with van der Waals surface area (Å²) in [6.07, 6.45) is -3.78. The van der Waals surface area contributed by atoms with Gasteiger partial charge in [-0.15, -0.1) is 0 Å². The molecule has 0 aliphatic heterocycles. The van der Waals surface area contributed by atoms with Crippen LogP contribution in [0, 0.1) is 0 Å². The Labute approximate surface area is 223 Å². The Morgan fingerprint density at radius 1 is 1.23 bits per heavy atom. The number of halogens is 2. The number of aromatic nitrogens is 2. The highest BCUT2D eigenvalue weighted by molar-refractivity contribution is 7.52. The molecule has 2 rings (SSSR count). The number of rotatable bonds is 15. The molecule has 1 aromatic heterocycles. The van der Waals surface area contributed by atoms with Gasteiger partial charge in [-0.3, -0.25) is 23.7 Å². The number of esters is 1. The third-order valence-electron chi connectivity index (χ3n) is 4.96. The van der Waals surface area contributed by atoms with Crippen molar-refractivity contribution in [3.63, 3.8) is 0 Å². The van der Waals surface area contributed by atoms with Crippen LogP contribution in [-0.4, -0.2) is 58.0 Å². The molecule has 0 amide bonds. The molecule has 0 radical (unpaired) electrons. The van der Waals surface area contributed by atoms with Crippen LogP contribution in [0.1, 0.15) is 33.9 Å². The minimum absolute atomic E-state index is 0.0185. The molecule has 0 saturated carbocycles. The molecule has 1 heterocycles. The minimum atomic E-state index is -4.62. The number of hydrogen-bond donors (Lipinski definition) is 3. The van der Waals surface area contributed by atoms with Crippen LogP contribution in [0.3, 0.4) is 0 Å². The molecule has 39 heavy (non-hydrogen) atoms. The first kappa shape index (κ1) is 32.1. The van der Waals surface area contributed by atoms with Crippen molar-refractivity contribution in [2.45, 2.75) is 58.0 Å². The summed E-state index contributed by atoms with van der Waals surface area (Å²) in [5, 5.41) is 12.9. The highest BCUT2D eigenvalue weighted by Gasteiger charge is 2.46. The number of nitrogens with one attached hydrogen (secondary N) is 2. The lowest BCUT2D eigenvalue weighted by Crippen LogP contribution is -2.49. The van der Waals surface area contributed by atoms with Gasteiger partial charge in [0.15, 0.2) is 6.23 Å². The molecule has 0 aliphatic carbocycles. The van der Waals surface area contributed by atoms with Gasteiger partial charge in [0, 0.05) is 12.3 Å². The zero-order valence-corrected chi connectivity index (χ0v) is 22.7. The fourth-order valence-electron chi connectivity index (χ4n) is 3.10. The zero-order valence-electron chi connectivity index (χ0n) is 21.8. The molecule has 0 aliphatic rings. The number of ether oxygens (including phenoxy) is 2.